The van der Waals surface area contributed by atoms with Gasteiger partial charge in [-0.2, -0.15) is 0 Å². The zero-order chi connectivity index (χ0) is 43.6. The lowest BCUT2D eigenvalue weighted by atomic mass is 10.0. The Bertz CT molecular complexity index is 1720. The third-order valence-corrected chi connectivity index (χ3v) is 8.52. The van der Waals surface area contributed by atoms with E-state index in [2.05, 4.69) is 42.5 Å². The van der Waals surface area contributed by atoms with Crippen LogP contribution in [0.25, 0.3) is 0 Å². The highest BCUT2D eigenvalue weighted by Gasteiger charge is 2.31. The van der Waals surface area contributed by atoms with Gasteiger partial charge >= 0.3 is 6.09 Å². The van der Waals surface area contributed by atoms with Gasteiger partial charge < -0.3 is 47.3 Å². The molecule has 0 aliphatic carbocycles. The zero-order valence-corrected chi connectivity index (χ0v) is 34.8. The summed E-state index contributed by atoms with van der Waals surface area (Å²) in [6.07, 6.45) is 0.0741. The molecule has 58 heavy (non-hydrogen) atoms. The van der Waals surface area contributed by atoms with E-state index in [1.54, 1.807) is 75.4 Å². The molecule has 0 fully saturated rings. The van der Waals surface area contributed by atoms with Crippen molar-refractivity contribution in [3.63, 3.8) is 0 Å². The minimum atomic E-state index is -1.17. The molecule has 8 amide bonds. The standard InChI is InChI=1S/C41H60N8O9/c1-10-21-42-33(50)24(2)45-38(55)31(22-29-17-13-11-14-18-29)48-36(53)27(5)44-34(51)25(3)43-35(52)26(4)46-39(56)32(23-30-19-15-12-16-20-30)49-37(54)28(6)47-40(57)58-41(7,8)9/h11-20,24-28,31-32H,10,21-23H2,1-9H3,(H,42,50)(H,43,52)(H,44,51)(H,45,55)(H,46,56)(H,47,57)(H,48,53)(H,49,54)/t24-,25-,26-,27-,28-,31-,32-/m0/s1. The Hall–Kier alpha value is -6.00. The van der Waals surface area contributed by atoms with Crippen LogP contribution in [0.15, 0.2) is 60.7 Å². The van der Waals surface area contributed by atoms with Crippen LogP contribution < -0.4 is 42.5 Å². The molecule has 0 aromatic heterocycles. The monoisotopic (exact) mass is 808 g/mol. The van der Waals surface area contributed by atoms with Crippen molar-refractivity contribution in [3.05, 3.63) is 71.8 Å². The predicted octanol–water partition coefficient (Wildman–Crippen LogP) is 0.900. The quantitative estimate of drug-likeness (QED) is 0.0947. The first-order chi connectivity index (χ1) is 27.2. The molecule has 0 aliphatic heterocycles. The van der Waals surface area contributed by atoms with E-state index in [1.807, 2.05) is 13.0 Å². The SMILES string of the molecule is CCCNC(=O)[C@H](C)NC(=O)[C@H](Cc1ccccc1)NC(=O)[C@H](C)NC(=O)[C@H](C)NC(=O)[C@H](C)NC(=O)[C@H](Cc1ccccc1)NC(=O)[C@H](C)NC(=O)OC(C)(C)C. The Morgan fingerprint density at radius 1 is 0.483 bits per heavy atom. The molecule has 2 aromatic rings. The summed E-state index contributed by atoms with van der Waals surface area (Å²) in [5, 5.41) is 20.7. The molecule has 17 heteroatoms. The number of hydrogen-bond donors (Lipinski definition) is 8. The predicted molar refractivity (Wildman–Crippen MR) is 217 cm³/mol. The van der Waals surface area contributed by atoms with Gasteiger partial charge in [0.1, 0.15) is 47.9 Å². The molecular weight excluding hydrogens is 748 g/mol. The molecule has 0 unspecified atom stereocenters. The fraction of sp³-hybridized carbons (Fsp3) is 0.512. The summed E-state index contributed by atoms with van der Waals surface area (Å²) in [6.45, 7) is 14.5. The molecule has 0 aliphatic rings. The summed E-state index contributed by atoms with van der Waals surface area (Å²) in [4.78, 5) is 104. The van der Waals surface area contributed by atoms with Gasteiger partial charge in [-0.1, -0.05) is 67.6 Å². The molecule has 318 valence electrons. The van der Waals surface area contributed by atoms with Gasteiger partial charge in [-0.3, -0.25) is 33.6 Å². The van der Waals surface area contributed by atoms with Gasteiger partial charge in [-0.25, -0.2) is 4.79 Å². The summed E-state index contributed by atoms with van der Waals surface area (Å²) in [5.41, 5.74) is 0.671. The van der Waals surface area contributed by atoms with E-state index in [0.29, 0.717) is 12.1 Å². The van der Waals surface area contributed by atoms with Gasteiger partial charge in [0.15, 0.2) is 0 Å². The summed E-state index contributed by atoms with van der Waals surface area (Å²) in [6, 6.07) is 10.2. The molecule has 0 saturated carbocycles. The highest BCUT2D eigenvalue weighted by Crippen LogP contribution is 2.09. The molecule has 0 bridgehead atoms. The lowest BCUT2D eigenvalue weighted by molar-refractivity contribution is -0.135. The number of ether oxygens (including phenoxy) is 1. The summed E-state index contributed by atoms with van der Waals surface area (Å²) in [5.74, 6) is -4.47. The van der Waals surface area contributed by atoms with Gasteiger partial charge in [0, 0.05) is 19.4 Å². The third kappa shape index (κ3) is 17.4. The van der Waals surface area contributed by atoms with E-state index < -0.39 is 89.4 Å². The lowest BCUT2D eigenvalue weighted by Gasteiger charge is -2.25. The number of hydrogen-bond acceptors (Lipinski definition) is 9. The van der Waals surface area contributed by atoms with Crippen molar-refractivity contribution in [3.8, 4) is 0 Å². The van der Waals surface area contributed by atoms with Crippen molar-refractivity contribution in [1.82, 2.24) is 42.5 Å². The first-order valence-corrected chi connectivity index (χ1v) is 19.4. The zero-order valence-electron chi connectivity index (χ0n) is 34.8. The van der Waals surface area contributed by atoms with Gasteiger partial charge in [0.05, 0.1) is 0 Å². The van der Waals surface area contributed by atoms with Crippen LogP contribution in [0.2, 0.25) is 0 Å². The Balaban J connectivity index is 2.04. The Morgan fingerprint density at radius 3 is 1.17 bits per heavy atom. The second-order valence-corrected chi connectivity index (χ2v) is 15.1. The van der Waals surface area contributed by atoms with E-state index in [-0.39, 0.29) is 18.7 Å². The maximum atomic E-state index is 13.5. The first-order valence-electron chi connectivity index (χ1n) is 19.4. The first kappa shape index (κ1) is 48.1. The van der Waals surface area contributed by atoms with Crippen LogP contribution >= 0.6 is 0 Å². The normalized spacial score (nSPS) is 14.6. The van der Waals surface area contributed by atoms with Crippen LogP contribution in [-0.2, 0) is 51.1 Å². The number of rotatable bonds is 20. The molecule has 0 radical (unpaired) electrons. The van der Waals surface area contributed by atoms with Crippen LogP contribution in [-0.4, -0.2) is 102 Å². The Labute approximate surface area is 340 Å². The van der Waals surface area contributed by atoms with Crippen molar-refractivity contribution >= 4 is 47.4 Å². The van der Waals surface area contributed by atoms with Gasteiger partial charge in [0.25, 0.3) is 0 Å². The largest absolute Gasteiger partial charge is 0.444 e. The molecule has 0 spiro atoms. The molecule has 2 aromatic carbocycles. The minimum absolute atomic E-state index is 0.0614. The third-order valence-electron chi connectivity index (χ3n) is 8.52. The van der Waals surface area contributed by atoms with Crippen LogP contribution in [0.3, 0.4) is 0 Å². The van der Waals surface area contributed by atoms with Gasteiger partial charge in [-0.05, 0) is 72.9 Å². The highest BCUT2D eigenvalue weighted by molar-refractivity contribution is 5.97. The van der Waals surface area contributed by atoms with Crippen molar-refractivity contribution in [2.45, 2.75) is 129 Å². The van der Waals surface area contributed by atoms with E-state index in [1.165, 1.54) is 34.6 Å². The van der Waals surface area contributed by atoms with E-state index in [4.69, 9.17) is 4.74 Å². The Morgan fingerprint density at radius 2 is 0.810 bits per heavy atom. The summed E-state index contributed by atoms with van der Waals surface area (Å²) in [7, 11) is 0. The van der Waals surface area contributed by atoms with Crippen molar-refractivity contribution < 1.29 is 43.1 Å². The van der Waals surface area contributed by atoms with Crippen molar-refractivity contribution in [2.24, 2.45) is 0 Å². The topological polar surface area (TPSA) is 242 Å². The Kier molecular flexibility index (Phi) is 19.3. The van der Waals surface area contributed by atoms with Crippen molar-refractivity contribution in [2.75, 3.05) is 6.54 Å². The van der Waals surface area contributed by atoms with Crippen molar-refractivity contribution in [1.29, 1.82) is 0 Å². The number of carbonyl (C=O) groups is 8. The lowest BCUT2D eigenvalue weighted by Crippen LogP contribution is -2.59. The number of benzene rings is 2. The maximum absolute atomic E-state index is 13.5. The van der Waals surface area contributed by atoms with Gasteiger partial charge in [0.2, 0.25) is 41.4 Å². The number of carbonyl (C=O) groups excluding carboxylic acids is 8. The maximum Gasteiger partial charge on any atom is 0.408 e. The smallest absolute Gasteiger partial charge is 0.408 e. The van der Waals surface area contributed by atoms with Crippen LogP contribution in [0.5, 0.6) is 0 Å². The van der Waals surface area contributed by atoms with Crippen LogP contribution in [0, 0.1) is 0 Å². The molecule has 2 rings (SSSR count). The van der Waals surface area contributed by atoms with E-state index in [0.717, 1.165) is 12.0 Å². The molecule has 7 atom stereocenters. The highest BCUT2D eigenvalue weighted by atomic mass is 16.6. The minimum Gasteiger partial charge on any atom is -0.444 e. The molecule has 8 N–H and O–H groups in total. The average Bonchev–Trinajstić information content (AvgIpc) is 3.15. The average molecular weight is 809 g/mol. The molecule has 17 nitrogen and oxygen atoms in total. The second-order valence-electron chi connectivity index (χ2n) is 15.1. The molecular formula is C41H60N8O9. The number of nitrogens with one attached hydrogen (secondary N) is 8. The molecule has 0 heterocycles. The van der Waals surface area contributed by atoms with E-state index in [9.17, 15) is 38.4 Å². The van der Waals surface area contributed by atoms with Crippen LogP contribution in [0.1, 0.15) is 79.9 Å². The summed E-state index contributed by atoms with van der Waals surface area (Å²) >= 11 is 0. The summed E-state index contributed by atoms with van der Waals surface area (Å²) < 4.78 is 5.21. The van der Waals surface area contributed by atoms with E-state index >= 15 is 0 Å². The fourth-order valence-corrected chi connectivity index (χ4v) is 5.23. The van der Waals surface area contributed by atoms with Crippen LogP contribution in [0.4, 0.5) is 4.79 Å². The molecule has 0 saturated heterocycles. The number of alkyl carbamates (subject to hydrolysis) is 1. The van der Waals surface area contributed by atoms with Gasteiger partial charge in [-0.15, -0.1) is 0 Å². The second kappa shape index (κ2) is 23.3. The fourth-order valence-electron chi connectivity index (χ4n) is 5.23. The number of amides is 8.